The van der Waals surface area contributed by atoms with Crippen LogP contribution in [0.5, 0.6) is 0 Å². The molecule has 0 fully saturated rings. The number of likely N-dealkylation sites (N-methyl/N-ethyl adjacent to an activating group) is 1. The summed E-state index contributed by atoms with van der Waals surface area (Å²) in [6.45, 7) is 1.54. The molecule has 0 aromatic heterocycles. The van der Waals surface area contributed by atoms with Gasteiger partial charge in [-0.25, -0.2) is 0 Å². The van der Waals surface area contributed by atoms with Crippen molar-refractivity contribution in [3.05, 3.63) is 0 Å². The smallest absolute Gasteiger partial charge is 0.0791 e. The Balaban J connectivity index is 3.56. The summed E-state index contributed by atoms with van der Waals surface area (Å²) in [5, 5.41) is 21.4. The van der Waals surface area contributed by atoms with Crippen LogP contribution in [0.25, 0.3) is 0 Å². The van der Waals surface area contributed by atoms with E-state index in [9.17, 15) is 5.11 Å². The highest BCUT2D eigenvalue weighted by Gasteiger charge is 2.10. The Morgan fingerprint density at radius 2 is 2.07 bits per heavy atom. The molecular weight excluding hydrogens is 184 g/mol. The van der Waals surface area contributed by atoms with Gasteiger partial charge in [0.1, 0.15) is 0 Å². The van der Waals surface area contributed by atoms with Crippen molar-refractivity contribution in [2.75, 3.05) is 47.5 Å². The van der Waals surface area contributed by atoms with E-state index in [1.54, 1.807) is 7.11 Å². The van der Waals surface area contributed by atoms with Crippen molar-refractivity contribution >= 4 is 0 Å². The summed E-state index contributed by atoms with van der Waals surface area (Å²) in [5.74, 6) is 0. The molecule has 0 aromatic rings. The highest BCUT2D eigenvalue weighted by molar-refractivity contribution is 4.69. The van der Waals surface area contributed by atoms with Gasteiger partial charge in [0, 0.05) is 20.2 Å². The molecule has 0 heterocycles. The lowest BCUT2D eigenvalue weighted by Crippen LogP contribution is -2.43. The minimum atomic E-state index is -0.420. The molecule has 0 rings (SSSR count). The van der Waals surface area contributed by atoms with Crippen molar-refractivity contribution < 1.29 is 14.9 Å². The Labute approximate surface area is 85.7 Å². The average Bonchev–Trinajstić information content (AvgIpc) is 2.11. The first-order valence-electron chi connectivity index (χ1n) is 4.76. The topological polar surface area (TPSA) is 65.0 Å². The molecule has 86 valence electrons. The number of rotatable bonds is 8. The number of ether oxygens (including phenoxy) is 1. The summed E-state index contributed by atoms with van der Waals surface area (Å²) < 4.78 is 4.89. The maximum absolute atomic E-state index is 9.51. The molecule has 14 heavy (non-hydrogen) atoms. The van der Waals surface area contributed by atoms with Gasteiger partial charge in [0.2, 0.25) is 0 Å². The number of hydrogen-bond donors (Lipinski definition) is 3. The number of aliphatic hydroxyl groups is 2. The SMILES string of the molecule is COCC(CO)NCC(O)CN(C)C. The van der Waals surface area contributed by atoms with Crippen molar-refractivity contribution in [1.29, 1.82) is 0 Å². The molecule has 0 aliphatic rings. The van der Waals surface area contributed by atoms with Crippen LogP contribution in [-0.4, -0.2) is 74.8 Å². The first-order valence-corrected chi connectivity index (χ1v) is 4.76. The molecule has 2 unspecified atom stereocenters. The molecule has 0 aromatic carbocycles. The number of nitrogens with one attached hydrogen (secondary N) is 1. The second-order valence-electron chi connectivity index (χ2n) is 3.66. The predicted octanol–water partition coefficient (Wildman–Crippen LogP) is -1.49. The maximum atomic E-state index is 9.51. The monoisotopic (exact) mass is 206 g/mol. The summed E-state index contributed by atoms with van der Waals surface area (Å²) in [7, 11) is 5.39. The third kappa shape index (κ3) is 7.23. The average molecular weight is 206 g/mol. The van der Waals surface area contributed by atoms with Gasteiger partial charge >= 0.3 is 0 Å². The molecule has 0 saturated carbocycles. The Bertz CT molecular complexity index is 133. The lowest BCUT2D eigenvalue weighted by atomic mass is 10.3. The molecule has 0 aliphatic heterocycles. The second-order valence-corrected chi connectivity index (χ2v) is 3.66. The van der Waals surface area contributed by atoms with E-state index in [1.165, 1.54) is 0 Å². The number of aliphatic hydroxyl groups excluding tert-OH is 2. The summed E-state index contributed by atoms with van der Waals surface area (Å²) in [5.41, 5.74) is 0. The van der Waals surface area contributed by atoms with Gasteiger partial charge in [-0.15, -0.1) is 0 Å². The van der Waals surface area contributed by atoms with E-state index < -0.39 is 6.10 Å². The Morgan fingerprint density at radius 1 is 1.43 bits per heavy atom. The molecule has 0 bridgehead atoms. The first kappa shape index (κ1) is 13.8. The van der Waals surface area contributed by atoms with Crippen LogP contribution in [-0.2, 0) is 4.74 Å². The van der Waals surface area contributed by atoms with Gasteiger partial charge in [0.05, 0.1) is 25.4 Å². The standard InChI is InChI=1S/C9H22N2O3/c1-11(2)5-9(13)4-10-8(6-12)7-14-3/h8-10,12-13H,4-7H2,1-3H3. The zero-order chi connectivity index (χ0) is 11.0. The summed E-state index contributed by atoms with van der Waals surface area (Å²) >= 11 is 0. The fraction of sp³-hybridized carbons (Fsp3) is 1.00. The van der Waals surface area contributed by atoms with Crippen LogP contribution < -0.4 is 5.32 Å². The molecule has 0 spiro atoms. The van der Waals surface area contributed by atoms with Gasteiger partial charge in [-0.05, 0) is 14.1 Å². The highest BCUT2D eigenvalue weighted by atomic mass is 16.5. The van der Waals surface area contributed by atoms with Crippen LogP contribution in [0, 0.1) is 0 Å². The van der Waals surface area contributed by atoms with Crippen LogP contribution in [0.3, 0.4) is 0 Å². The van der Waals surface area contributed by atoms with Gasteiger partial charge in [-0.1, -0.05) is 0 Å². The van der Waals surface area contributed by atoms with Crippen molar-refractivity contribution in [1.82, 2.24) is 10.2 Å². The Hall–Kier alpha value is -0.200. The molecule has 5 nitrogen and oxygen atoms in total. The maximum Gasteiger partial charge on any atom is 0.0791 e. The van der Waals surface area contributed by atoms with E-state index in [1.807, 2.05) is 19.0 Å². The molecule has 5 heteroatoms. The van der Waals surface area contributed by atoms with Crippen molar-refractivity contribution in [3.63, 3.8) is 0 Å². The quantitative estimate of drug-likeness (QED) is 0.451. The van der Waals surface area contributed by atoms with E-state index in [0.717, 1.165) is 0 Å². The van der Waals surface area contributed by atoms with Gasteiger partial charge in [-0.3, -0.25) is 0 Å². The second kappa shape index (κ2) is 8.14. The zero-order valence-electron chi connectivity index (χ0n) is 9.23. The van der Waals surface area contributed by atoms with Gasteiger partial charge < -0.3 is 25.2 Å². The van der Waals surface area contributed by atoms with E-state index >= 15 is 0 Å². The minimum absolute atomic E-state index is 0.0164. The number of nitrogens with zero attached hydrogens (tertiary/aromatic N) is 1. The lowest BCUT2D eigenvalue weighted by molar-refractivity contribution is 0.100. The molecular formula is C9H22N2O3. The number of hydrogen-bond acceptors (Lipinski definition) is 5. The molecule has 2 atom stereocenters. The van der Waals surface area contributed by atoms with Crippen molar-refractivity contribution in [3.8, 4) is 0 Å². The van der Waals surface area contributed by atoms with Gasteiger partial charge in [0.25, 0.3) is 0 Å². The van der Waals surface area contributed by atoms with E-state index in [-0.39, 0.29) is 12.6 Å². The molecule has 0 amide bonds. The fourth-order valence-corrected chi connectivity index (χ4v) is 1.17. The lowest BCUT2D eigenvalue weighted by Gasteiger charge is -2.20. The van der Waals surface area contributed by atoms with E-state index in [0.29, 0.717) is 19.7 Å². The van der Waals surface area contributed by atoms with Crippen LogP contribution in [0.4, 0.5) is 0 Å². The minimum Gasteiger partial charge on any atom is -0.395 e. The summed E-state index contributed by atoms with van der Waals surface area (Å²) in [4.78, 5) is 1.91. The van der Waals surface area contributed by atoms with Crippen LogP contribution >= 0.6 is 0 Å². The van der Waals surface area contributed by atoms with Crippen molar-refractivity contribution in [2.24, 2.45) is 0 Å². The van der Waals surface area contributed by atoms with Gasteiger partial charge in [0.15, 0.2) is 0 Å². The van der Waals surface area contributed by atoms with E-state index in [2.05, 4.69) is 5.32 Å². The summed E-state index contributed by atoms with van der Waals surface area (Å²) in [6.07, 6.45) is -0.420. The van der Waals surface area contributed by atoms with Crippen molar-refractivity contribution in [2.45, 2.75) is 12.1 Å². The first-order chi connectivity index (χ1) is 6.60. The molecule has 0 radical (unpaired) electrons. The van der Waals surface area contributed by atoms with E-state index in [4.69, 9.17) is 9.84 Å². The normalized spacial score (nSPS) is 15.9. The van der Waals surface area contributed by atoms with Gasteiger partial charge in [-0.2, -0.15) is 0 Å². The molecule has 0 saturated heterocycles. The Morgan fingerprint density at radius 3 is 2.50 bits per heavy atom. The van der Waals surface area contributed by atoms with Crippen LogP contribution in [0.1, 0.15) is 0 Å². The zero-order valence-corrected chi connectivity index (χ0v) is 9.23. The van der Waals surface area contributed by atoms with Crippen LogP contribution in [0.15, 0.2) is 0 Å². The van der Waals surface area contributed by atoms with Crippen LogP contribution in [0.2, 0.25) is 0 Å². The largest absolute Gasteiger partial charge is 0.395 e. The highest BCUT2D eigenvalue weighted by Crippen LogP contribution is 1.88. The molecule has 3 N–H and O–H groups in total. The molecule has 0 aliphatic carbocycles. The number of methoxy groups -OCH3 is 1. The third-order valence-electron chi connectivity index (χ3n) is 1.81. The summed E-state index contributed by atoms with van der Waals surface area (Å²) in [6, 6.07) is -0.100. The third-order valence-corrected chi connectivity index (χ3v) is 1.81. The fourth-order valence-electron chi connectivity index (χ4n) is 1.17. The predicted molar refractivity (Wildman–Crippen MR) is 55.3 cm³/mol. The Kier molecular flexibility index (Phi) is 8.02.